The Labute approximate surface area is 261 Å². The lowest BCUT2D eigenvalue weighted by atomic mass is 9.93. The van der Waals surface area contributed by atoms with Gasteiger partial charge in [0.1, 0.15) is 6.61 Å². The smallest absolute Gasteiger partial charge is 0.410 e. The van der Waals surface area contributed by atoms with E-state index in [9.17, 15) is 9.59 Å². The molecule has 0 bridgehead atoms. The van der Waals surface area contributed by atoms with Gasteiger partial charge in [0.2, 0.25) is 0 Å². The van der Waals surface area contributed by atoms with Crippen LogP contribution in [0.25, 0.3) is 0 Å². The molecule has 0 N–H and O–H groups in total. The van der Waals surface area contributed by atoms with Crippen LogP contribution in [0.3, 0.4) is 0 Å². The van der Waals surface area contributed by atoms with E-state index in [1.54, 1.807) is 17.0 Å². The minimum Gasteiger partial charge on any atom is -0.465 e. The number of esters is 1. The Morgan fingerprint density at radius 1 is 0.795 bits per heavy atom. The quantitative estimate of drug-likeness (QED) is 0.161. The molecular formula is C37H41NO5Si. The van der Waals surface area contributed by atoms with E-state index in [-0.39, 0.29) is 29.9 Å². The second kappa shape index (κ2) is 13.6. The van der Waals surface area contributed by atoms with Crippen molar-refractivity contribution in [2.24, 2.45) is 0 Å². The van der Waals surface area contributed by atoms with Crippen LogP contribution in [0.1, 0.15) is 61.1 Å². The predicted octanol–water partition coefficient (Wildman–Crippen LogP) is 6.89. The largest absolute Gasteiger partial charge is 0.465 e. The fraction of sp³-hybridized carbons (Fsp3) is 0.297. The first-order valence-electron chi connectivity index (χ1n) is 15.2. The summed E-state index contributed by atoms with van der Waals surface area (Å²) >= 11 is 0. The molecule has 1 aliphatic heterocycles. The molecule has 0 aliphatic carbocycles. The van der Waals surface area contributed by atoms with E-state index >= 15 is 0 Å². The maximum absolute atomic E-state index is 13.6. The molecule has 2 atom stereocenters. The maximum Gasteiger partial charge on any atom is 0.410 e. The van der Waals surface area contributed by atoms with Gasteiger partial charge in [0.05, 0.1) is 18.7 Å². The Morgan fingerprint density at radius 3 is 1.86 bits per heavy atom. The zero-order valence-electron chi connectivity index (χ0n) is 25.9. The molecule has 1 heterocycles. The van der Waals surface area contributed by atoms with E-state index in [0.29, 0.717) is 24.9 Å². The Hall–Kier alpha value is -4.20. The predicted molar refractivity (Wildman–Crippen MR) is 176 cm³/mol. The molecule has 4 aromatic rings. The van der Waals surface area contributed by atoms with Crippen molar-refractivity contribution >= 4 is 30.8 Å². The highest BCUT2D eigenvalue weighted by Crippen LogP contribution is 2.41. The van der Waals surface area contributed by atoms with Crippen LogP contribution in [-0.4, -0.2) is 45.0 Å². The number of amides is 1. The molecule has 0 aromatic heterocycles. The summed E-state index contributed by atoms with van der Waals surface area (Å²) in [5.41, 5.74) is 2.32. The van der Waals surface area contributed by atoms with Crippen LogP contribution in [-0.2, 0) is 20.5 Å². The molecule has 7 heteroatoms. The number of carbonyl (C=O) groups is 2. The molecular weight excluding hydrogens is 566 g/mol. The van der Waals surface area contributed by atoms with Gasteiger partial charge in [-0.05, 0) is 51.5 Å². The molecule has 1 saturated heterocycles. The molecule has 4 aromatic carbocycles. The first-order valence-corrected chi connectivity index (χ1v) is 17.1. The molecule has 1 aliphatic rings. The van der Waals surface area contributed by atoms with Crippen molar-refractivity contribution in [3.05, 3.63) is 132 Å². The zero-order valence-corrected chi connectivity index (χ0v) is 26.9. The van der Waals surface area contributed by atoms with Gasteiger partial charge in [0.15, 0.2) is 0 Å². The summed E-state index contributed by atoms with van der Waals surface area (Å²) in [5.74, 6) is -0.396. The van der Waals surface area contributed by atoms with E-state index in [1.165, 1.54) is 17.5 Å². The molecule has 44 heavy (non-hydrogen) atoms. The number of nitrogens with zero attached hydrogens (tertiary/aromatic N) is 1. The normalized spacial score (nSPS) is 17.1. The average Bonchev–Trinajstić information content (AvgIpc) is 3.06. The fourth-order valence-corrected chi connectivity index (χ4v) is 11.0. The lowest BCUT2D eigenvalue weighted by molar-refractivity contribution is 0.0311. The van der Waals surface area contributed by atoms with Crippen molar-refractivity contribution in [3.8, 4) is 0 Å². The highest BCUT2D eigenvalue weighted by atomic mass is 28.4. The van der Waals surface area contributed by atoms with Gasteiger partial charge in [-0.25, -0.2) is 9.59 Å². The number of likely N-dealkylation sites (tertiary alicyclic amines) is 1. The SMILES string of the molecule is COC(=O)c1ccc([C@H]2C[C@@H](O[Si](c3ccccc3)(c3ccccc3)C(C)(C)C)CCN2C(=O)OCc2ccccc2)cc1. The van der Waals surface area contributed by atoms with Gasteiger partial charge in [0, 0.05) is 12.6 Å². The Morgan fingerprint density at radius 2 is 1.34 bits per heavy atom. The van der Waals surface area contributed by atoms with Crippen LogP contribution >= 0.6 is 0 Å². The van der Waals surface area contributed by atoms with E-state index in [1.807, 2.05) is 54.6 Å². The van der Waals surface area contributed by atoms with Crippen LogP contribution in [0.2, 0.25) is 5.04 Å². The number of benzene rings is 4. The van der Waals surface area contributed by atoms with E-state index < -0.39 is 14.3 Å². The van der Waals surface area contributed by atoms with Crippen LogP contribution in [0.4, 0.5) is 4.79 Å². The van der Waals surface area contributed by atoms with E-state index in [4.69, 9.17) is 13.9 Å². The molecule has 6 nitrogen and oxygen atoms in total. The first-order chi connectivity index (χ1) is 21.2. The molecule has 1 fully saturated rings. The van der Waals surface area contributed by atoms with Gasteiger partial charge in [0.25, 0.3) is 8.32 Å². The molecule has 0 unspecified atom stereocenters. The van der Waals surface area contributed by atoms with Crippen molar-refractivity contribution in [1.82, 2.24) is 4.90 Å². The summed E-state index contributed by atoms with van der Waals surface area (Å²) in [6, 6.07) is 38.0. The van der Waals surface area contributed by atoms with Crippen LogP contribution < -0.4 is 10.4 Å². The summed E-state index contributed by atoms with van der Waals surface area (Å²) in [6.07, 6.45) is 0.814. The third-order valence-electron chi connectivity index (χ3n) is 8.47. The van der Waals surface area contributed by atoms with Gasteiger partial charge >= 0.3 is 12.1 Å². The van der Waals surface area contributed by atoms with Crippen LogP contribution in [0, 0.1) is 0 Å². The number of rotatable bonds is 8. The van der Waals surface area contributed by atoms with Crippen LogP contribution in [0.5, 0.6) is 0 Å². The van der Waals surface area contributed by atoms with Gasteiger partial charge in [-0.15, -0.1) is 0 Å². The van der Waals surface area contributed by atoms with Gasteiger partial charge in [-0.2, -0.15) is 0 Å². The van der Waals surface area contributed by atoms with Crippen molar-refractivity contribution in [1.29, 1.82) is 0 Å². The summed E-state index contributed by atoms with van der Waals surface area (Å²) < 4.78 is 18.2. The van der Waals surface area contributed by atoms with Crippen LogP contribution in [0.15, 0.2) is 115 Å². The first kappa shape index (κ1) is 31.2. The highest BCUT2D eigenvalue weighted by Gasteiger charge is 2.52. The number of hydrogen-bond acceptors (Lipinski definition) is 5. The minimum atomic E-state index is -2.80. The van der Waals surface area contributed by atoms with E-state index in [2.05, 4.69) is 69.3 Å². The topological polar surface area (TPSA) is 65.1 Å². The third-order valence-corrected chi connectivity index (χ3v) is 13.6. The van der Waals surface area contributed by atoms with Gasteiger partial charge in [-0.3, -0.25) is 0 Å². The second-order valence-electron chi connectivity index (χ2n) is 12.3. The minimum absolute atomic E-state index is 0.107. The van der Waals surface area contributed by atoms with Crippen molar-refractivity contribution in [3.63, 3.8) is 0 Å². The average molecular weight is 608 g/mol. The third kappa shape index (κ3) is 6.64. The van der Waals surface area contributed by atoms with Crippen molar-refractivity contribution < 1.29 is 23.5 Å². The molecule has 5 rings (SSSR count). The molecule has 1 amide bonds. The Balaban J connectivity index is 1.48. The number of methoxy groups -OCH3 is 1. The van der Waals surface area contributed by atoms with E-state index in [0.717, 1.165) is 11.1 Å². The number of carbonyl (C=O) groups excluding carboxylic acids is 2. The Kier molecular flexibility index (Phi) is 9.67. The summed E-state index contributed by atoms with van der Waals surface area (Å²) in [4.78, 5) is 27.5. The molecule has 228 valence electrons. The summed E-state index contributed by atoms with van der Waals surface area (Å²) in [7, 11) is -1.43. The fourth-order valence-electron chi connectivity index (χ4n) is 6.28. The maximum atomic E-state index is 13.6. The summed E-state index contributed by atoms with van der Waals surface area (Å²) in [5, 5.41) is 2.28. The number of hydrogen-bond donors (Lipinski definition) is 0. The highest BCUT2D eigenvalue weighted by molar-refractivity contribution is 6.99. The van der Waals surface area contributed by atoms with Gasteiger partial charge in [-0.1, -0.05) is 124 Å². The number of ether oxygens (including phenoxy) is 2. The van der Waals surface area contributed by atoms with Crippen molar-refractivity contribution in [2.45, 2.75) is 57.4 Å². The lowest BCUT2D eigenvalue weighted by Gasteiger charge is -2.48. The number of piperidine rings is 1. The Bertz CT molecular complexity index is 1480. The zero-order chi connectivity index (χ0) is 31.2. The monoisotopic (exact) mass is 607 g/mol. The van der Waals surface area contributed by atoms with Gasteiger partial charge < -0.3 is 18.8 Å². The summed E-state index contributed by atoms with van der Waals surface area (Å²) in [6.45, 7) is 7.51. The lowest BCUT2D eigenvalue weighted by Crippen LogP contribution is -2.68. The molecule has 0 radical (unpaired) electrons. The molecule has 0 spiro atoms. The molecule has 0 saturated carbocycles. The van der Waals surface area contributed by atoms with Crippen molar-refractivity contribution in [2.75, 3.05) is 13.7 Å². The second-order valence-corrected chi connectivity index (χ2v) is 16.5. The standard InChI is InChI=1S/C37H41NO5Si/c1-37(2,3)44(32-16-10-6-11-17-32,33-18-12-7-13-19-33)43-31-24-25-38(36(40)42-27-28-14-8-5-9-15-28)34(26-31)29-20-22-30(23-21-29)35(39)41-4/h5-23,31,34H,24-27H2,1-4H3/t31-,34+/m0/s1.